The first kappa shape index (κ1) is 21.1. The van der Waals surface area contributed by atoms with E-state index in [-0.39, 0.29) is 28.7 Å². The van der Waals surface area contributed by atoms with E-state index in [4.69, 9.17) is 11.6 Å². The van der Waals surface area contributed by atoms with E-state index < -0.39 is 5.97 Å². The molecule has 1 fully saturated rings. The summed E-state index contributed by atoms with van der Waals surface area (Å²) in [4.78, 5) is 24.6. The van der Waals surface area contributed by atoms with E-state index in [1.54, 1.807) is 23.0 Å². The van der Waals surface area contributed by atoms with Crippen LogP contribution in [0.4, 0.5) is 5.69 Å². The molecule has 0 aliphatic heterocycles. The van der Waals surface area contributed by atoms with Gasteiger partial charge < -0.3 is 10.4 Å². The molecule has 1 aliphatic rings. The number of benzene rings is 2. The van der Waals surface area contributed by atoms with E-state index in [2.05, 4.69) is 10.4 Å². The third-order valence-electron chi connectivity index (χ3n) is 5.52. The van der Waals surface area contributed by atoms with Crippen LogP contribution in [0.1, 0.15) is 54.7 Å². The second-order valence-corrected chi connectivity index (χ2v) is 9.36. The lowest BCUT2D eigenvalue weighted by molar-refractivity contribution is -0.117. The van der Waals surface area contributed by atoms with Gasteiger partial charge >= 0.3 is 5.97 Å². The quantitative estimate of drug-likeness (QED) is 0.570. The van der Waals surface area contributed by atoms with Crippen LogP contribution in [-0.4, -0.2) is 26.8 Å². The first-order valence-electron chi connectivity index (χ1n) is 10.1. The highest BCUT2D eigenvalue weighted by Crippen LogP contribution is 2.48. The molecule has 1 amide bonds. The smallest absolute Gasteiger partial charge is 0.337 e. The number of aromatic carboxylic acids is 1. The number of hydrogen-bond donors (Lipinski definition) is 2. The Bertz CT molecular complexity index is 1150. The second-order valence-electron chi connectivity index (χ2n) is 8.92. The maximum Gasteiger partial charge on any atom is 0.337 e. The Kier molecular flexibility index (Phi) is 5.35. The SMILES string of the molecule is CC(C)(C)c1ccn(-c2ccc(NC(=O)[C@@H]3C[C@H]3c3ccc(Cl)cc3)cc2C(=O)O)n1. The Labute approximate surface area is 185 Å². The highest BCUT2D eigenvalue weighted by Gasteiger charge is 2.43. The first-order valence-corrected chi connectivity index (χ1v) is 10.5. The predicted octanol–water partition coefficient (Wildman–Crippen LogP) is 5.26. The number of carboxylic acid groups (broad SMARTS) is 1. The van der Waals surface area contributed by atoms with Crippen LogP contribution in [0.25, 0.3) is 5.69 Å². The van der Waals surface area contributed by atoms with Crippen molar-refractivity contribution in [1.29, 1.82) is 0 Å². The fourth-order valence-electron chi connectivity index (χ4n) is 3.64. The molecule has 0 unspecified atom stereocenters. The van der Waals surface area contributed by atoms with Crippen LogP contribution >= 0.6 is 11.6 Å². The molecule has 1 aromatic heterocycles. The largest absolute Gasteiger partial charge is 0.478 e. The van der Waals surface area contributed by atoms with Gasteiger partial charge in [-0.05, 0) is 54.3 Å². The molecule has 2 atom stereocenters. The molecule has 2 aromatic carbocycles. The van der Waals surface area contributed by atoms with Gasteiger partial charge in [-0.15, -0.1) is 0 Å². The van der Waals surface area contributed by atoms with Crippen LogP contribution in [0.3, 0.4) is 0 Å². The Morgan fingerprint density at radius 3 is 2.45 bits per heavy atom. The lowest BCUT2D eigenvalue weighted by Crippen LogP contribution is -2.16. The fourth-order valence-corrected chi connectivity index (χ4v) is 3.77. The molecule has 0 saturated heterocycles. The summed E-state index contributed by atoms with van der Waals surface area (Å²) in [6, 6.07) is 14.3. The van der Waals surface area contributed by atoms with E-state index in [1.807, 2.05) is 51.1 Å². The first-order chi connectivity index (χ1) is 14.6. The molecule has 31 heavy (non-hydrogen) atoms. The number of carbonyl (C=O) groups is 2. The Hall–Kier alpha value is -3.12. The molecule has 0 radical (unpaired) electrons. The van der Waals surface area contributed by atoms with E-state index >= 15 is 0 Å². The van der Waals surface area contributed by atoms with Gasteiger partial charge in [-0.2, -0.15) is 5.10 Å². The minimum atomic E-state index is -1.08. The lowest BCUT2D eigenvalue weighted by atomic mass is 9.93. The number of hydrogen-bond acceptors (Lipinski definition) is 3. The summed E-state index contributed by atoms with van der Waals surface area (Å²) in [6.45, 7) is 6.14. The second kappa shape index (κ2) is 7.85. The van der Waals surface area contributed by atoms with Gasteiger partial charge in [-0.3, -0.25) is 4.79 Å². The lowest BCUT2D eigenvalue weighted by Gasteiger charge is -2.15. The number of nitrogens with zero attached hydrogens (tertiary/aromatic N) is 2. The van der Waals surface area contributed by atoms with Crippen molar-refractivity contribution in [3.8, 4) is 5.69 Å². The van der Waals surface area contributed by atoms with Crippen molar-refractivity contribution in [1.82, 2.24) is 9.78 Å². The van der Waals surface area contributed by atoms with Crippen LogP contribution in [0.2, 0.25) is 5.02 Å². The summed E-state index contributed by atoms with van der Waals surface area (Å²) in [7, 11) is 0. The molecule has 4 rings (SSSR count). The van der Waals surface area contributed by atoms with Crippen molar-refractivity contribution in [3.05, 3.63) is 76.6 Å². The third kappa shape index (κ3) is 4.49. The maximum atomic E-state index is 12.7. The minimum absolute atomic E-state index is 0.0754. The predicted molar refractivity (Wildman–Crippen MR) is 120 cm³/mol. The van der Waals surface area contributed by atoms with Crippen molar-refractivity contribution in [2.24, 2.45) is 5.92 Å². The molecule has 0 bridgehead atoms. The van der Waals surface area contributed by atoms with Gasteiger partial charge in [-0.25, -0.2) is 9.48 Å². The highest BCUT2D eigenvalue weighted by atomic mass is 35.5. The number of nitrogens with one attached hydrogen (secondary N) is 1. The summed E-state index contributed by atoms with van der Waals surface area (Å²) in [6.07, 6.45) is 2.52. The van der Waals surface area contributed by atoms with Crippen molar-refractivity contribution in [3.63, 3.8) is 0 Å². The van der Waals surface area contributed by atoms with Crippen molar-refractivity contribution in [2.75, 3.05) is 5.32 Å². The van der Waals surface area contributed by atoms with Crippen LogP contribution in [0.15, 0.2) is 54.7 Å². The van der Waals surface area contributed by atoms with Gasteiger partial charge in [-0.1, -0.05) is 44.5 Å². The number of carbonyl (C=O) groups excluding carboxylic acids is 1. The Morgan fingerprint density at radius 1 is 1.13 bits per heavy atom. The summed E-state index contributed by atoms with van der Waals surface area (Å²) in [5, 5.41) is 17.8. The summed E-state index contributed by atoms with van der Waals surface area (Å²) < 4.78 is 1.56. The average Bonchev–Trinajstić information content (AvgIpc) is 3.35. The molecule has 2 N–H and O–H groups in total. The molecule has 6 nitrogen and oxygen atoms in total. The number of rotatable bonds is 5. The summed E-state index contributed by atoms with van der Waals surface area (Å²) in [5.41, 5.74) is 2.78. The third-order valence-corrected chi connectivity index (χ3v) is 5.78. The van der Waals surface area contributed by atoms with E-state index in [9.17, 15) is 14.7 Å². The molecular weight excluding hydrogens is 414 g/mol. The topological polar surface area (TPSA) is 84.2 Å². The normalized spacial score (nSPS) is 17.9. The van der Waals surface area contributed by atoms with E-state index in [0.717, 1.165) is 17.7 Å². The number of carboxylic acids is 1. The molecule has 3 aromatic rings. The van der Waals surface area contributed by atoms with E-state index in [0.29, 0.717) is 16.4 Å². The minimum Gasteiger partial charge on any atom is -0.478 e. The summed E-state index contributed by atoms with van der Waals surface area (Å²) in [5.74, 6) is -1.16. The van der Waals surface area contributed by atoms with Crippen LogP contribution in [0, 0.1) is 5.92 Å². The van der Waals surface area contributed by atoms with Gasteiger partial charge in [0.05, 0.1) is 16.9 Å². The molecule has 1 heterocycles. The number of anilines is 1. The molecule has 0 spiro atoms. The van der Waals surface area contributed by atoms with Crippen LogP contribution in [0.5, 0.6) is 0 Å². The average molecular weight is 438 g/mol. The van der Waals surface area contributed by atoms with Gasteiger partial charge in [0.25, 0.3) is 0 Å². The molecule has 1 aliphatic carbocycles. The zero-order chi connectivity index (χ0) is 22.3. The zero-order valence-electron chi connectivity index (χ0n) is 17.6. The molecular formula is C24H24ClN3O3. The Morgan fingerprint density at radius 2 is 1.84 bits per heavy atom. The molecule has 160 valence electrons. The summed E-state index contributed by atoms with van der Waals surface area (Å²) >= 11 is 5.93. The van der Waals surface area contributed by atoms with Gasteiger partial charge in [0.2, 0.25) is 5.91 Å². The fraction of sp³-hybridized carbons (Fsp3) is 0.292. The molecule has 1 saturated carbocycles. The zero-order valence-corrected chi connectivity index (χ0v) is 18.3. The van der Waals surface area contributed by atoms with Crippen molar-refractivity contribution < 1.29 is 14.7 Å². The van der Waals surface area contributed by atoms with Crippen LogP contribution in [-0.2, 0) is 10.2 Å². The monoisotopic (exact) mass is 437 g/mol. The molecule has 7 heteroatoms. The van der Waals surface area contributed by atoms with E-state index in [1.165, 1.54) is 6.07 Å². The van der Waals surface area contributed by atoms with Crippen molar-refractivity contribution >= 4 is 29.2 Å². The maximum absolute atomic E-state index is 12.7. The Balaban J connectivity index is 1.52. The highest BCUT2D eigenvalue weighted by molar-refractivity contribution is 6.30. The van der Waals surface area contributed by atoms with Crippen LogP contribution < -0.4 is 5.32 Å². The number of amides is 1. The van der Waals surface area contributed by atoms with Gasteiger partial charge in [0.15, 0.2) is 0 Å². The number of halogens is 1. The van der Waals surface area contributed by atoms with Gasteiger partial charge in [0, 0.05) is 28.2 Å². The number of aromatic nitrogens is 2. The van der Waals surface area contributed by atoms with Crippen molar-refractivity contribution in [2.45, 2.75) is 38.5 Å². The van der Waals surface area contributed by atoms with Gasteiger partial charge in [0.1, 0.15) is 0 Å². The standard InChI is InChI=1S/C24H24ClN3O3/c1-24(2,3)21-10-11-28(27-21)20-9-8-16(12-19(20)23(30)31)26-22(29)18-13-17(18)14-4-6-15(25)7-5-14/h4-12,17-18H,13H2,1-3H3,(H,26,29)(H,30,31)/t17-,18+/m0/s1.